The van der Waals surface area contributed by atoms with E-state index in [4.69, 9.17) is 10.5 Å². The molecular weight excluding hydrogens is 354 g/mol. The predicted molar refractivity (Wildman–Crippen MR) is 106 cm³/mol. The average Bonchev–Trinajstić information content (AvgIpc) is 3.16. The zero-order chi connectivity index (χ0) is 19.6. The molecule has 4 N–H and O–H groups in total. The number of primary amides is 1. The van der Waals surface area contributed by atoms with Gasteiger partial charge in [-0.25, -0.2) is 4.79 Å². The van der Waals surface area contributed by atoms with Crippen LogP contribution < -0.4 is 16.4 Å². The minimum Gasteiger partial charge on any atom is -0.369 e. The first-order chi connectivity index (χ1) is 13.5. The number of carbonyl (C=O) groups excluding carboxylic acids is 2. The maximum atomic E-state index is 12.5. The number of nitrogens with two attached hydrogens (primary N) is 1. The lowest BCUT2D eigenvalue weighted by molar-refractivity contribution is -0.124. The van der Waals surface area contributed by atoms with E-state index in [0.717, 1.165) is 63.5 Å². The number of ether oxygens (including phenoxy) is 1. The summed E-state index contributed by atoms with van der Waals surface area (Å²) in [4.78, 5) is 23.8. The molecule has 0 radical (unpaired) electrons. The third-order valence-electron chi connectivity index (χ3n) is 7.08. The lowest BCUT2D eigenvalue weighted by Crippen LogP contribution is -2.55. The Balaban J connectivity index is 1.24. The Labute approximate surface area is 166 Å². The maximum absolute atomic E-state index is 12.5. The minimum absolute atomic E-state index is 0.0431. The number of hydrogen-bond donors (Lipinski definition) is 3. The second-order valence-corrected chi connectivity index (χ2v) is 8.92. The molecule has 152 valence electrons. The van der Waals surface area contributed by atoms with Crippen LogP contribution in [-0.4, -0.2) is 31.1 Å². The van der Waals surface area contributed by atoms with Crippen LogP contribution in [0.4, 0.5) is 4.79 Å². The molecule has 1 aromatic rings. The summed E-state index contributed by atoms with van der Waals surface area (Å²) >= 11 is 0. The molecule has 1 saturated heterocycles. The molecule has 1 unspecified atom stereocenters. The lowest BCUT2D eigenvalue weighted by atomic mass is 9.57. The van der Waals surface area contributed by atoms with Crippen LogP contribution in [0.2, 0.25) is 0 Å². The summed E-state index contributed by atoms with van der Waals surface area (Å²) in [6, 6.07) is 10.3. The molecule has 28 heavy (non-hydrogen) atoms. The van der Waals surface area contributed by atoms with E-state index in [1.165, 1.54) is 0 Å². The van der Waals surface area contributed by atoms with Gasteiger partial charge in [0.15, 0.2) is 0 Å². The van der Waals surface area contributed by atoms with Gasteiger partial charge in [-0.15, -0.1) is 0 Å². The zero-order valence-electron chi connectivity index (χ0n) is 16.4. The van der Waals surface area contributed by atoms with Gasteiger partial charge in [0.2, 0.25) is 5.91 Å². The van der Waals surface area contributed by atoms with E-state index in [0.29, 0.717) is 12.0 Å². The van der Waals surface area contributed by atoms with E-state index in [9.17, 15) is 9.59 Å². The summed E-state index contributed by atoms with van der Waals surface area (Å²) in [5, 5.41) is 6.16. The van der Waals surface area contributed by atoms with Crippen LogP contribution in [0.5, 0.6) is 0 Å². The number of rotatable bonds is 5. The van der Waals surface area contributed by atoms with Gasteiger partial charge in [0.25, 0.3) is 0 Å². The topological polar surface area (TPSA) is 93.5 Å². The first kappa shape index (κ1) is 19.2. The highest BCUT2D eigenvalue weighted by atomic mass is 16.5. The van der Waals surface area contributed by atoms with Crippen LogP contribution in [0.1, 0.15) is 56.9 Å². The SMILES string of the molecule is NC(=O)C1CCC2(CC1)CC(NC(=O)NCC1(c3ccccc3)CCCO1)C2. The van der Waals surface area contributed by atoms with Crippen LogP contribution in [0.25, 0.3) is 0 Å². The van der Waals surface area contributed by atoms with E-state index < -0.39 is 5.60 Å². The fraction of sp³-hybridized carbons (Fsp3) is 0.636. The van der Waals surface area contributed by atoms with Crippen molar-refractivity contribution < 1.29 is 14.3 Å². The van der Waals surface area contributed by atoms with E-state index in [-0.39, 0.29) is 23.9 Å². The standard InChI is InChI=1S/C22H31N3O3/c23-19(26)16-7-10-21(11-8-16)13-18(14-21)25-20(27)24-15-22(9-4-12-28-22)17-5-2-1-3-6-17/h1-3,5-6,16,18H,4,7-15H2,(H2,23,26)(H2,24,25,27). The van der Waals surface area contributed by atoms with Gasteiger partial charge in [0.1, 0.15) is 5.60 Å². The smallest absolute Gasteiger partial charge is 0.315 e. The molecular formula is C22H31N3O3. The monoisotopic (exact) mass is 385 g/mol. The molecule has 4 rings (SSSR count). The van der Waals surface area contributed by atoms with Crippen molar-refractivity contribution in [3.8, 4) is 0 Å². The number of carbonyl (C=O) groups is 2. The fourth-order valence-electron chi connectivity index (χ4n) is 5.38. The molecule has 2 saturated carbocycles. The Bertz CT molecular complexity index is 699. The maximum Gasteiger partial charge on any atom is 0.315 e. The van der Waals surface area contributed by atoms with Gasteiger partial charge in [0, 0.05) is 18.6 Å². The molecule has 1 aliphatic heterocycles. The van der Waals surface area contributed by atoms with Crippen molar-refractivity contribution in [1.82, 2.24) is 10.6 Å². The minimum atomic E-state index is -0.410. The second-order valence-electron chi connectivity index (χ2n) is 8.92. The van der Waals surface area contributed by atoms with Gasteiger partial charge in [0.05, 0.1) is 6.54 Å². The van der Waals surface area contributed by atoms with Gasteiger partial charge in [-0.2, -0.15) is 0 Å². The summed E-state index contributed by atoms with van der Waals surface area (Å²) < 4.78 is 6.06. The third kappa shape index (κ3) is 3.88. The third-order valence-corrected chi connectivity index (χ3v) is 7.08. The largest absolute Gasteiger partial charge is 0.369 e. The van der Waals surface area contributed by atoms with Gasteiger partial charge >= 0.3 is 6.03 Å². The van der Waals surface area contributed by atoms with Crippen LogP contribution in [0.15, 0.2) is 30.3 Å². The van der Waals surface area contributed by atoms with Crippen molar-refractivity contribution in [1.29, 1.82) is 0 Å². The summed E-state index contributed by atoms with van der Waals surface area (Å²) in [5.74, 6) is -0.119. The zero-order valence-corrected chi connectivity index (χ0v) is 16.4. The molecule has 3 aliphatic rings. The predicted octanol–water partition coefficient (Wildman–Crippen LogP) is 2.82. The Hall–Kier alpha value is -2.08. The van der Waals surface area contributed by atoms with Crippen LogP contribution in [0, 0.1) is 11.3 Å². The number of hydrogen-bond acceptors (Lipinski definition) is 3. The second kappa shape index (κ2) is 7.74. The van der Waals surface area contributed by atoms with E-state index in [1.54, 1.807) is 0 Å². The van der Waals surface area contributed by atoms with Crippen molar-refractivity contribution in [2.24, 2.45) is 17.1 Å². The van der Waals surface area contributed by atoms with Crippen molar-refractivity contribution in [3.05, 3.63) is 35.9 Å². The van der Waals surface area contributed by atoms with E-state index in [2.05, 4.69) is 22.8 Å². The number of nitrogens with one attached hydrogen (secondary N) is 2. The van der Waals surface area contributed by atoms with Crippen molar-refractivity contribution in [2.45, 2.75) is 63.0 Å². The molecule has 0 aromatic heterocycles. The molecule has 1 spiro atoms. The molecule has 2 aliphatic carbocycles. The number of urea groups is 1. The van der Waals surface area contributed by atoms with Crippen molar-refractivity contribution in [3.63, 3.8) is 0 Å². The van der Waals surface area contributed by atoms with Crippen molar-refractivity contribution in [2.75, 3.05) is 13.2 Å². The fourth-order valence-corrected chi connectivity index (χ4v) is 5.38. The summed E-state index contributed by atoms with van der Waals surface area (Å²) in [6.07, 6.45) is 7.83. The Morgan fingerprint density at radius 3 is 2.43 bits per heavy atom. The highest BCUT2D eigenvalue weighted by molar-refractivity contribution is 5.76. The van der Waals surface area contributed by atoms with Crippen LogP contribution >= 0.6 is 0 Å². The van der Waals surface area contributed by atoms with Crippen LogP contribution in [0.3, 0.4) is 0 Å². The van der Waals surface area contributed by atoms with Gasteiger partial charge in [-0.05, 0) is 62.3 Å². The normalized spacial score (nSPS) is 34.6. The highest BCUT2D eigenvalue weighted by Gasteiger charge is 2.47. The first-order valence-corrected chi connectivity index (χ1v) is 10.5. The van der Waals surface area contributed by atoms with Gasteiger partial charge in [-0.3, -0.25) is 4.79 Å². The van der Waals surface area contributed by atoms with Gasteiger partial charge in [-0.1, -0.05) is 30.3 Å². The van der Waals surface area contributed by atoms with E-state index in [1.807, 2.05) is 18.2 Å². The van der Waals surface area contributed by atoms with Crippen molar-refractivity contribution >= 4 is 11.9 Å². The first-order valence-electron chi connectivity index (χ1n) is 10.5. The Kier molecular flexibility index (Phi) is 5.32. The molecule has 6 nitrogen and oxygen atoms in total. The molecule has 6 heteroatoms. The Morgan fingerprint density at radius 1 is 1.11 bits per heavy atom. The van der Waals surface area contributed by atoms with Crippen LogP contribution in [-0.2, 0) is 15.1 Å². The quantitative estimate of drug-likeness (QED) is 0.727. The number of amides is 3. The van der Waals surface area contributed by atoms with E-state index >= 15 is 0 Å². The number of benzene rings is 1. The van der Waals surface area contributed by atoms with Gasteiger partial charge < -0.3 is 21.1 Å². The Morgan fingerprint density at radius 2 is 1.82 bits per heavy atom. The molecule has 0 bridgehead atoms. The molecule has 1 atom stereocenters. The molecule has 1 heterocycles. The molecule has 3 amide bonds. The highest BCUT2D eigenvalue weighted by Crippen LogP contribution is 2.52. The summed E-state index contributed by atoms with van der Waals surface area (Å²) in [7, 11) is 0. The summed E-state index contributed by atoms with van der Waals surface area (Å²) in [6.45, 7) is 1.22. The average molecular weight is 386 g/mol. The summed E-state index contributed by atoms with van der Waals surface area (Å²) in [5.41, 5.74) is 6.46. The molecule has 3 fully saturated rings. The lowest BCUT2D eigenvalue weighted by Gasteiger charge is -2.51. The molecule has 1 aromatic carbocycles.